The molecule has 0 aromatic heterocycles. The Morgan fingerprint density at radius 2 is 0.949 bits per heavy atom. The Kier molecular flexibility index (Phi) is 8.35. The molecule has 4 aromatic rings. The zero-order chi connectivity index (χ0) is 27.2. The molecule has 202 valence electrons. The van der Waals surface area contributed by atoms with Gasteiger partial charge >= 0.3 is 0 Å². The first-order valence-corrected chi connectivity index (χ1v) is 14.2. The second-order valence-electron chi connectivity index (χ2n) is 10.3. The maximum Gasteiger partial charge on any atom is 0.197 e. The molecule has 4 aromatic carbocycles. The summed E-state index contributed by atoms with van der Waals surface area (Å²) >= 11 is 0. The second kappa shape index (κ2) is 12.1. The summed E-state index contributed by atoms with van der Waals surface area (Å²) in [5.74, 6) is 1.31. The Hall–Kier alpha value is -3.60. The van der Waals surface area contributed by atoms with Crippen molar-refractivity contribution in [2.45, 2.75) is 70.4 Å². The number of unbranched alkanes of at least 4 members (excludes halogenated alkanes) is 2. The van der Waals surface area contributed by atoms with Crippen molar-refractivity contribution in [1.82, 2.24) is 0 Å². The van der Waals surface area contributed by atoms with Gasteiger partial charge in [-0.15, -0.1) is 0 Å². The van der Waals surface area contributed by atoms with E-state index in [0.29, 0.717) is 24.3 Å². The number of benzene rings is 4. The van der Waals surface area contributed by atoms with E-state index in [9.17, 15) is 10.2 Å². The van der Waals surface area contributed by atoms with E-state index in [1.54, 1.807) is 0 Å². The lowest BCUT2D eigenvalue weighted by Crippen LogP contribution is -2.28. The van der Waals surface area contributed by atoms with E-state index in [2.05, 4.69) is 86.6 Å². The van der Waals surface area contributed by atoms with E-state index in [-0.39, 0.29) is 0 Å². The fraction of sp³-hybridized carbons (Fsp3) is 0.314. The van der Waals surface area contributed by atoms with E-state index in [0.717, 1.165) is 36.8 Å². The van der Waals surface area contributed by atoms with Crippen molar-refractivity contribution in [2.24, 2.45) is 0 Å². The smallest absolute Gasteiger partial charge is 0.197 e. The molecule has 0 spiro atoms. The molecule has 0 saturated heterocycles. The number of ether oxygens (including phenoxy) is 2. The molecule has 0 bridgehead atoms. The summed E-state index contributed by atoms with van der Waals surface area (Å²) < 4.78 is 11.6. The molecule has 0 aliphatic heterocycles. The molecule has 5 rings (SSSR count). The van der Waals surface area contributed by atoms with Crippen molar-refractivity contribution < 1.29 is 19.7 Å². The van der Waals surface area contributed by atoms with Crippen molar-refractivity contribution in [1.29, 1.82) is 0 Å². The highest BCUT2D eigenvalue weighted by Gasteiger charge is 2.45. The fourth-order valence-electron chi connectivity index (χ4n) is 5.78. The van der Waals surface area contributed by atoms with Gasteiger partial charge in [0.2, 0.25) is 0 Å². The molecule has 0 amide bonds. The molecule has 0 heterocycles. The Bertz CT molecular complexity index is 1250. The predicted molar refractivity (Wildman–Crippen MR) is 156 cm³/mol. The highest BCUT2D eigenvalue weighted by Crippen LogP contribution is 2.56. The van der Waals surface area contributed by atoms with Crippen LogP contribution in [0.2, 0.25) is 0 Å². The minimum absolute atomic E-state index is 0.536. The average molecular weight is 523 g/mol. The summed E-state index contributed by atoms with van der Waals surface area (Å²) in [4.78, 5) is 0. The minimum Gasteiger partial charge on any atom is -0.465 e. The predicted octanol–water partition coefficient (Wildman–Crippen LogP) is 7.82. The maximum atomic E-state index is 10.3. The molecule has 1 aliphatic carbocycles. The van der Waals surface area contributed by atoms with Crippen LogP contribution in [0, 0.1) is 0 Å². The van der Waals surface area contributed by atoms with Crippen LogP contribution >= 0.6 is 0 Å². The third kappa shape index (κ3) is 5.32. The Balaban J connectivity index is 1.58. The van der Waals surface area contributed by atoms with Crippen molar-refractivity contribution >= 4 is 0 Å². The van der Waals surface area contributed by atoms with Gasteiger partial charge in [0.05, 0.1) is 5.41 Å². The molecule has 0 fully saturated rings. The molecule has 0 saturated carbocycles. The second-order valence-corrected chi connectivity index (χ2v) is 10.3. The molecule has 1 aliphatic rings. The van der Waals surface area contributed by atoms with Crippen LogP contribution in [-0.2, 0) is 5.41 Å². The molecule has 0 radical (unpaired) electrons. The monoisotopic (exact) mass is 522 g/mol. The van der Waals surface area contributed by atoms with Gasteiger partial charge in [0, 0.05) is 12.8 Å². The van der Waals surface area contributed by atoms with Gasteiger partial charge in [-0.25, -0.2) is 0 Å². The number of aliphatic hydroxyl groups is 2. The van der Waals surface area contributed by atoms with Gasteiger partial charge in [-0.05, 0) is 70.5 Å². The fourth-order valence-corrected chi connectivity index (χ4v) is 5.78. The van der Waals surface area contributed by atoms with Crippen molar-refractivity contribution in [3.05, 3.63) is 119 Å². The van der Waals surface area contributed by atoms with Gasteiger partial charge in [0.15, 0.2) is 12.6 Å². The topological polar surface area (TPSA) is 58.9 Å². The summed E-state index contributed by atoms with van der Waals surface area (Å²) in [7, 11) is 0. The van der Waals surface area contributed by atoms with Crippen molar-refractivity contribution in [3.8, 4) is 22.6 Å². The summed E-state index contributed by atoms with van der Waals surface area (Å²) in [6.07, 6.45) is 3.49. The third-order valence-corrected chi connectivity index (χ3v) is 7.68. The van der Waals surface area contributed by atoms with E-state index in [1.807, 2.05) is 24.3 Å². The Morgan fingerprint density at radius 1 is 0.564 bits per heavy atom. The van der Waals surface area contributed by atoms with Gasteiger partial charge in [0.1, 0.15) is 11.5 Å². The van der Waals surface area contributed by atoms with Crippen LogP contribution in [0.3, 0.4) is 0 Å². The van der Waals surface area contributed by atoms with Gasteiger partial charge in [-0.3, -0.25) is 0 Å². The van der Waals surface area contributed by atoms with Crippen molar-refractivity contribution in [2.75, 3.05) is 0 Å². The van der Waals surface area contributed by atoms with Crippen LogP contribution in [0.1, 0.15) is 74.6 Å². The highest BCUT2D eigenvalue weighted by molar-refractivity contribution is 5.86. The number of hydrogen-bond donors (Lipinski definition) is 2. The maximum absolute atomic E-state index is 10.3. The molecule has 39 heavy (non-hydrogen) atoms. The van der Waals surface area contributed by atoms with Gasteiger partial charge in [-0.2, -0.15) is 0 Å². The van der Waals surface area contributed by atoms with Gasteiger partial charge in [-0.1, -0.05) is 99.5 Å². The lowest BCUT2D eigenvalue weighted by molar-refractivity contribution is -0.0247. The molecule has 4 heteroatoms. The highest BCUT2D eigenvalue weighted by atomic mass is 16.6. The number of fused-ring (bicyclic) bond motifs is 3. The third-order valence-electron chi connectivity index (χ3n) is 7.68. The molecular weight excluding hydrogens is 484 g/mol. The van der Waals surface area contributed by atoms with Crippen LogP contribution in [-0.4, -0.2) is 22.8 Å². The Morgan fingerprint density at radius 3 is 1.33 bits per heavy atom. The Labute approximate surface area is 231 Å². The van der Waals surface area contributed by atoms with Gasteiger partial charge < -0.3 is 19.7 Å². The van der Waals surface area contributed by atoms with Crippen LogP contribution < -0.4 is 9.47 Å². The van der Waals surface area contributed by atoms with Gasteiger partial charge in [0.25, 0.3) is 0 Å². The molecule has 4 nitrogen and oxygen atoms in total. The largest absolute Gasteiger partial charge is 0.465 e. The summed E-state index contributed by atoms with van der Waals surface area (Å²) in [5, 5.41) is 20.6. The van der Waals surface area contributed by atoms with E-state index in [4.69, 9.17) is 9.47 Å². The summed E-state index contributed by atoms with van der Waals surface area (Å²) in [6.45, 7) is 4.21. The lowest BCUT2D eigenvalue weighted by Gasteiger charge is -2.34. The first-order valence-electron chi connectivity index (χ1n) is 14.2. The normalized spacial score (nSPS) is 14.8. The SMILES string of the molecule is CCCCC(O)Oc1ccc(C2(c3ccc(OC(O)CCCC)cc3)c3ccccc3-c3ccccc32)cc1. The summed E-state index contributed by atoms with van der Waals surface area (Å²) in [5.41, 5.74) is 6.58. The van der Waals surface area contributed by atoms with Crippen molar-refractivity contribution in [3.63, 3.8) is 0 Å². The van der Waals surface area contributed by atoms with Crippen LogP contribution in [0.25, 0.3) is 11.1 Å². The minimum atomic E-state index is -0.807. The standard InChI is InChI=1S/C35H38O4/c1-3-5-15-33(36)38-27-21-17-25(18-22-27)35(26-19-23-28(24-20-26)39-34(37)16-6-4-2)31-13-9-7-11-29(31)30-12-8-10-14-32(30)35/h7-14,17-24,33-34,36-37H,3-6,15-16H2,1-2H3. The lowest BCUT2D eigenvalue weighted by atomic mass is 9.68. The van der Waals surface area contributed by atoms with E-state index < -0.39 is 18.0 Å². The number of rotatable bonds is 12. The van der Waals surface area contributed by atoms with Crippen LogP contribution in [0.5, 0.6) is 11.5 Å². The molecule has 2 N–H and O–H groups in total. The quantitative estimate of drug-likeness (QED) is 0.164. The van der Waals surface area contributed by atoms with E-state index >= 15 is 0 Å². The first kappa shape index (κ1) is 27.0. The zero-order valence-corrected chi connectivity index (χ0v) is 22.8. The van der Waals surface area contributed by atoms with Crippen LogP contribution in [0.15, 0.2) is 97.1 Å². The zero-order valence-electron chi connectivity index (χ0n) is 22.8. The number of hydrogen-bond acceptors (Lipinski definition) is 4. The molecule has 2 atom stereocenters. The average Bonchev–Trinajstić information content (AvgIpc) is 3.27. The molecule has 2 unspecified atom stereocenters. The number of aliphatic hydroxyl groups excluding tert-OH is 2. The molecular formula is C35H38O4. The van der Waals surface area contributed by atoms with E-state index in [1.165, 1.54) is 22.3 Å². The van der Waals surface area contributed by atoms with Crippen LogP contribution in [0.4, 0.5) is 0 Å². The first-order chi connectivity index (χ1) is 19.1. The summed E-state index contributed by atoms with van der Waals surface area (Å²) in [6, 6.07) is 33.5.